The van der Waals surface area contributed by atoms with Crippen LogP contribution in [-0.2, 0) is 11.2 Å². The van der Waals surface area contributed by atoms with Gasteiger partial charge >= 0.3 is 5.97 Å². The predicted molar refractivity (Wildman–Crippen MR) is 68.2 cm³/mol. The van der Waals surface area contributed by atoms with E-state index in [1.807, 2.05) is 4.90 Å². The fourth-order valence-corrected chi connectivity index (χ4v) is 3.24. The minimum atomic E-state index is -0.770. The number of hydrogen-bond donors (Lipinski definition) is 2. The second-order valence-electron chi connectivity index (χ2n) is 4.79. The van der Waals surface area contributed by atoms with Crippen LogP contribution >= 0.6 is 11.3 Å². The highest BCUT2D eigenvalue weighted by molar-refractivity contribution is 7.07. The first kappa shape index (κ1) is 12.5. The molecule has 5 heteroatoms. The molecule has 1 aromatic rings. The summed E-state index contributed by atoms with van der Waals surface area (Å²) in [5.41, 5.74) is 7.33. The summed E-state index contributed by atoms with van der Waals surface area (Å²) in [7, 11) is 0. The van der Waals surface area contributed by atoms with Crippen LogP contribution in [0.25, 0.3) is 0 Å². The molecule has 0 bridgehead atoms. The van der Waals surface area contributed by atoms with Gasteiger partial charge in [-0.1, -0.05) is 0 Å². The average molecular weight is 254 g/mol. The third-order valence-corrected chi connectivity index (χ3v) is 3.84. The number of nitrogens with two attached hydrogens (primary N) is 1. The van der Waals surface area contributed by atoms with Gasteiger partial charge in [0.25, 0.3) is 0 Å². The van der Waals surface area contributed by atoms with E-state index in [2.05, 4.69) is 16.8 Å². The third-order valence-electron chi connectivity index (χ3n) is 3.11. The topological polar surface area (TPSA) is 66.6 Å². The molecule has 1 aromatic heterocycles. The standard InChI is InChI=1S/C12H18N2O2S/c13-11-4-10(3-9-1-2-17-8-9)5-14(6-11)7-12(15)16/h1-2,8,10-11H,3-7,13H2,(H,15,16). The number of rotatable bonds is 4. The summed E-state index contributed by atoms with van der Waals surface area (Å²) in [4.78, 5) is 12.7. The highest BCUT2D eigenvalue weighted by Crippen LogP contribution is 2.21. The molecule has 1 aliphatic heterocycles. The molecule has 17 heavy (non-hydrogen) atoms. The summed E-state index contributed by atoms with van der Waals surface area (Å²) in [6.07, 6.45) is 2.00. The second kappa shape index (κ2) is 5.62. The predicted octanol–water partition coefficient (Wildman–Crippen LogP) is 1.02. The van der Waals surface area contributed by atoms with Gasteiger partial charge in [-0.2, -0.15) is 11.3 Å². The Labute approximate surface area is 105 Å². The second-order valence-corrected chi connectivity index (χ2v) is 5.57. The Kier molecular flexibility index (Phi) is 4.15. The van der Waals surface area contributed by atoms with Gasteiger partial charge in [0.05, 0.1) is 6.54 Å². The summed E-state index contributed by atoms with van der Waals surface area (Å²) in [6.45, 7) is 1.65. The number of piperidine rings is 1. The Morgan fingerprint density at radius 1 is 1.59 bits per heavy atom. The fraction of sp³-hybridized carbons (Fsp3) is 0.583. The molecular formula is C12H18N2O2S. The molecule has 0 saturated carbocycles. The van der Waals surface area contributed by atoms with E-state index in [1.54, 1.807) is 11.3 Å². The molecule has 1 aliphatic rings. The van der Waals surface area contributed by atoms with E-state index >= 15 is 0 Å². The molecule has 0 spiro atoms. The summed E-state index contributed by atoms with van der Waals surface area (Å²) >= 11 is 1.70. The van der Waals surface area contributed by atoms with E-state index in [-0.39, 0.29) is 12.6 Å². The lowest BCUT2D eigenvalue weighted by Crippen LogP contribution is -2.49. The van der Waals surface area contributed by atoms with Gasteiger partial charge < -0.3 is 10.8 Å². The largest absolute Gasteiger partial charge is 0.480 e. The highest BCUT2D eigenvalue weighted by Gasteiger charge is 2.26. The molecule has 2 rings (SSSR count). The van der Waals surface area contributed by atoms with E-state index < -0.39 is 5.97 Å². The minimum absolute atomic E-state index is 0.103. The molecule has 0 radical (unpaired) electrons. The molecule has 2 atom stereocenters. The van der Waals surface area contributed by atoms with Gasteiger partial charge in [-0.25, -0.2) is 0 Å². The molecule has 0 aromatic carbocycles. The molecule has 0 amide bonds. The van der Waals surface area contributed by atoms with E-state index in [1.165, 1.54) is 5.56 Å². The van der Waals surface area contributed by atoms with Gasteiger partial charge in [0, 0.05) is 19.1 Å². The van der Waals surface area contributed by atoms with Crippen molar-refractivity contribution in [2.24, 2.45) is 11.7 Å². The van der Waals surface area contributed by atoms with Crippen LogP contribution in [0.3, 0.4) is 0 Å². The molecule has 2 unspecified atom stereocenters. The summed E-state index contributed by atoms with van der Waals surface area (Å²) in [6, 6.07) is 2.23. The van der Waals surface area contributed by atoms with Crippen molar-refractivity contribution in [3.63, 3.8) is 0 Å². The minimum Gasteiger partial charge on any atom is -0.480 e. The number of carboxylic acids is 1. The molecule has 0 aliphatic carbocycles. The van der Waals surface area contributed by atoms with Gasteiger partial charge in [-0.3, -0.25) is 9.69 Å². The van der Waals surface area contributed by atoms with E-state index in [0.29, 0.717) is 12.5 Å². The summed E-state index contributed by atoms with van der Waals surface area (Å²) in [5.74, 6) is -0.291. The van der Waals surface area contributed by atoms with Crippen molar-refractivity contribution in [1.29, 1.82) is 0 Å². The zero-order valence-electron chi connectivity index (χ0n) is 9.71. The fourth-order valence-electron chi connectivity index (χ4n) is 2.56. The van der Waals surface area contributed by atoms with Crippen LogP contribution in [0, 0.1) is 5.92 Å². The number of carboxylic acid groups (broad SMARTS) is 1. The number of nitrogens with zero attached hydrogens (tertiary/aromatic N) is 1. The van der Waals surface area contributed by atoms with Gasteiger partial charge in [-0.15, -0.1) is 0 Å². The Bertz CT molecular complexity index is 367. The van der Waals surface area contributed by atoms with Gasteiger partial charge in [-0.05, 0) is 41.1 Å². The van der Waals surface area contributed by atoms with Crippen molar-refractivity contribution in [3.8, 4) is 0 Å². The smallest absolute Gasteiger partial charge is 0.317 e. The van der Waals surface area contributed by atoms with Crippen molar-refractivity contribution in [2.75, 3.05) is 19.6 Å². The van der Waals surface area contributed by atoms with Gasteiger partial charge in [0.15, 0.2) is 0 Å². The van der Waals surface area contributed by atoms with E-state index in [4.69, 9.17) is 10.8 Å². The van der Waals surface area contributed by atoms with Crippen LogP contribution < -0.4 is 5.73 Å². The van der Waals surface area contributed by atoms with E-state index in [9.17, 15) is 4.79 Å². The lowest BCUT2D eigenvalue weighted by Gasteiger charge is -2.35. The zero-order valence-corrected chi connectivity index (χ0v) is 10.5. The van der Waals surface area contributed by atoms with Crippen LogP contribution in [-0.4, -0.2) is 41.7 Å². The molecule has 94 valence electrons. The lowest BCUT2D eigenvalue weighted by atomic mass is 9.90. The molecule has 4 nitrogen and oxygen atoms in total. The first-order chi connectivity index (χ1) is 8.13. The van der Waals surface area contributed by atoms with Crippen molar-refractivity contribution >= 4 is 17.3 Å². The van der Waals surface area contributed by atoms with Crippen LogP contribution in [0.4, 0.5) is 0 Å². The summed E-state index contributed by atoms with van der Waals surface area (Å²) < 4.78 is 0. The Hall–Kier alpha value is -0.910. The molecule has 3 N–H and O–H groups in total. The quantitative estimate of drug-likeness (QED) is 0.842. The third kappa shape index (κ3) is 3.80. The average Bonchev–Trinajstić information content (AvgIpc) is 2.67. The number of hydrogen-bond acceptors (Lipinski definition) is 4. The Morgan fingerprint density at radius 3 is 3.06 bits per heavy atom. The van der Waals surface area contributed by atoms with Crippen LogP contribution in [0.1, 0.15) is 12.0 Å². The highest BCUT2D eigenvalue weighted by atomic mass is 32.1. The molecule has 2 heterocycles. The van der Waals surface area contributed by atoms with Gasteiger partial charge in [0.1, 0.15) is 0 Å². The van der Waals surface area contributed by atoms with Crippen LogP contribution in [0.15, 0.2) is 16.8 Å². The number of carbonyl (C=O) groups is 1. The summed E-state index contributed by atoms with van der Waals surface area (Å²) in [5, 5.41) is 13.0. The van der Waals surface area contributed by atoms with Crippen LogP contribution in [0.5, 0.6) is 0 Å². The zero-order chi connectivity index (χ0) is 12.3. The molecular weight excluding hydrogens is 236 g/mol. The maximum atomic E-state index is 10.7. The molecule has 1 fully saturated rings. The Morgan fingerprint density at radius 2 is 2.41 bits per heavy atom. The van der Waals surface area contributed by atoms with Crippen LogP contribution in [0.2, 0.25) is 0 Å². The number of thiophene rings is 1. The molecule has 1 saturated heterocycles. The first-order valence-corrected chi connectivity index (χ1v) is 6.78. The maximum Gasteiger partial charge on any atom is 0.317 e. The number of aliphatic carboxylic acids is 1. The maximum absolute atomic E-state index is 10.7. The van der Waals surface area contributed by atoms with Crippen molar-refractivity contribution in [3.05, 3.63) is 22.4 Å². The first-order valence-electron chi connectivity index (χ1n) is 5.84. The lowest BCUT2D eigenvalue weighted by molar-refractivity contribution is -0.138. The van der Waals surface area contributed by atoms with E-state index in [0.717, 1.165) is 19.4 Å². The van der Waals surface area contributed by atoms with Crippen molar-refractivity contribution < 1.29 is 9.90 Å². The normalized spacial score (nSPS) is 25.9. The SMILES string of the molecule is NC1CC(Cc2ccsc2)CN(CC(=O)O)C1. The Balaban J connectivity index is 1.91. The monoisotopic (exact) mass is 254 g/mol. The van der Waals surface area contributed by atoms with Crippen molar-refractivity contribution in [2.45, 2.75) is 18.9 Å². The number of likely N-dealkylation sites (tertiary alicyclic amines) is 1. The van der Waals surface area contributed by atoms with Gasteiger partial charge in [0.2, 0.25) is 0 Å². The van der Waals surface area contributed by atoms with Crippen molar-refractivity contribution in [1.82, 2.24) is 4.90 Å².